The summed E-state index contributed by atoms with van der Waals surface area (Å²) in [5, 5.41) is 2.72. The second-order valence-electron chi connectivity index (χ2n) is 3.74. The Morgan fingerprint density at radius 1 is 1.33 bits per heavy atom. The van der Waals surface area contributed by atoms with Gasteiger partial charge in [0.2, 0.25) is 5.91 Å². The number of rotatable bonds is 7. The van der Waals surface area contributed by atoms with Crippen molar-refractivity contribution in [2.45, 2.75) is 19.3 Å². The molecular weight excluding hydrogens is 234 g/mol. The predicted molar refractivity (Wildman–Crippen MR) is 67.4 cm³/mol. The second-order valence-corrected chi connectivity index (χ2v) is 3.74. The fraction of sp³-hybridized carbons (Fsp3) is 0.364. The summed E-state index contributed by atoms with van der Waals surface area (Å²) in [6, 6.07) is 1.61. The molecule has 0 bridgehead atoms. The van der Waals surface area contributed by atoms with Gasteiger partial charge in [-0.3, -0.25) is 20.4 Å². The molecule has 0 aromatic carbocycles. The van der Waals surface area contributed by atoms with Crippen molar-refractivity contribution in [2.75, 3.05) is 12.0 Å². The number of nitrogen functional groups attached to an aromatic ring is 1. The number of hydrogen-bond acceptors (Lipinski definition) is 5. The number of carbonyl (C=O) groups excluding carboxylic acids is 2. The zero-order valence-electron chi connectivity index (χ0n) is 9.98. The Balaban J connectivity index is 2.38. The van der Waals surface area contributed by atoms with Crippen molar-refractivity contribution in [3.05, 3.63) is 24.0 Å². The second kappa shape index (κ2) is 7.23. The van der Waals surface area contributed by atoms with E-state index in [0.717, 1.165) is 0 Å². The molecule has 0 radical (unpaired) electrons. The Hall–Kier alpha value is -2.15. The first-order valence-electron chi connectivity index (χ1n) is 5.62. The highest BCUT2D eigenvalue weighted by atomic mass is 16.2. The van der Waals surface area contributed by atoms with E-state index in [1.165, 1.54) is 6.20 Å². The quantitative estimate of drug-likeness (QED) is 0.302. The Kier molecular flexibility index (Phi) is 5.59. The number of aromatic nitrogens is 1. The number of unbranched alkanes of at least 4 members (excludes halogenated alkanes) is 1. The molecule has 0 aliphatic rings. The van der Waals surface area contributed by atoms with Crippen molar-refractivity contribution >= 4 is 17.5 Å². The molecule has 0 unspecified atom stereocenters. The zero-order valence-corrected chi connectivity index (χ0v) is 9.98. The summed E-state index contributed by atoms with van der Waals surface area (Å²) in [6.45, 7) is 0.477. The van der Waals surface area contributed by atoms with Crippen molar-refractivity contribution in [1.82, 2.24) is 10.3 Å². The van der Waals surface area contributed by atoms with Crippen molar-refractivity contribution in [2.24, 2.45) is 11.6 Å². The van der Waals surface area contributed by atoms with Crippen LogP contribution < -0.4 is 22.3 Å². The topological polar surface area (TPSA) is 123 Å². The number of nitrogens with one attached hydrogen (secondary N) is 2. The summed E-state index contributed by atoms with van der Waals surface area (Å²) in [6.07, 6.45) is 4.66. The first kappa shape index (κ1) is 13.9. The number of primary amides is 1. The molecule has 0 saturated heterocycles. The minimum atomic E-state index is -0.330. The van der Waals surface area contributed by atoms with Crippen LogP contribution in [0.2, 0.25) is 0 Å². The third-order valence-corrected chi connectivity index (χ3v) is 2.36. The average molecular weight is 251 g/mol. The van der Waals surface area contributed by atoms with E-state index in [1.807, 2.05) is 0 Å². The maximum atomic E-state index is 11.8. The molecule has 98 valence electrons. The fourth-order valence-corrected chi connectivity index (χ4v) is 1.42. The van der Waals surface area contributed by atoms with Crippen LogP contribution in [0.25, 0.3) is 0 Å². The molecule has 7 heteroatoms. The zero-order chi connectivity index (χ0) is 13.4. The van der Waals surface area contributed by atoms with Crippen LogP contribution >= 0.6 is 0 Å². The number of anilines is 1. The molecule has 0 spiro atoms. The van der Waals surface area contributed by atoms with E-state index in [0.29, 0.717) is 37.1 Å². The molecule has 0 fully saturated rings. The lowest BCUT2D eigenvalue weighted by molar-refractivity contribution is -0.118. The summed E-state index contributed by atoms with van der Waals surface area (Å²) in [5.41, 5.74) is 8.34. The van der Waals surface area contributed by atoms with Crippen LogP contribution in [-0.4, -0.2) is 23.3 Å². The van der Waals surface area contributed by atoms with Crippen LogP contribution in [0.4, 0.5) is 5.69 Å². The standard InChI is InChI=1S/C11H17N5O2/c12-10(17)3-1-2-5-15-11(18)8-7-14-6-4-9(8)16-13/h4,6-7H,1-3,5,13H2,(H2,12,17)(H,14,16)(H,15,18). The van der Waals surface area contributed by atoms with Gasteiger partial charge >= 0.3 is 0 Å². The van der Waals surface area contributed by atoms with Crippen LogP contribution in [0, 0.1) is 0 Å². The Labute approximate surface area is 105 Å². The van der Waals surface area contributed by atoms with Gasteiger partial charge in [-0.2, -0.15) is 0 Å². The van der Waals surface area contributed by atoms with Crippen LogP contribution in [-0.2, 0) is 4.79 Å². The number of amides is 2. The van der Waals surface area contributed by atoms with E-state index in [4.69, 9.17) is 11.6 Å². The number of carbonyl (C=O) groups is 2. The van der Waals surface area contributed by atoms with Gasteiger partial charge in [-0.1, -0.05) is 0 Å². The number of nitrogens with two attached hydrogens (primary N) is 2. The number of hydrazine groups is 1. The molecule has 0 saturated carbocycles. The first-order valence-corrected chi connectivity index (χ1v) is 5.62. The Bertz CT molecular complexity index is 422. The van der Waals surface area contributed by atoms with Crippen molar-refractivity contribution in [3.8, 4) is 0 Å². The summed E-state index contributed by atoms with van der Waals surface area (Å²) < 4.78 is 0. The van der Waals surface area contributed by atoms with Crippen LogP contribution in [0.1, 0.15) is 29.6 Å². The molecule has 2 amide bonds. The lowest BCUT2D eigenvalue weighted by Gasteiger charge is -2.08. The van der Waals surface area contributed by atoms with E-state index in [1.54, 1.807) is 12.3 Å². The van der Waals surface area contributed by atoms with Gasteiger partial charge in [0.25, 0.3) is 5.91 Å². The van der Waals surface area contributed by atoms with Gasteiger partial charge in [0.1, 0.15) is 0 Å². The smallest absolute Gasteiger partial charge is 0.255 e. The summed E-state index contributed by atoms with van der Waals surface area (Å²) in [4.78, 5) is 26.2. The number of pyridine rings is 1. The largest absolute Gasteiger partial charge is 0.370 e. The van der Waals surface area contributed by atoms with E-state index in [-0.39, 0.29) is 11.8 Å². The van der Waals surface area contributed by atoms with Crippen LogP contribution in [0.3, 0.4) is 0 Å². The third-order valence-electron chi connectivity index (χ3n) is 2.36. The summed E-state index contributed by atoms with van der Waals surface area (Å²) in [5.74, 6) is 4.70. The first-order chi connectivity index (χ1) is 8.65. The molecule has 0 aliphatic carbocycles. The van der Waals surface area contributed by atoms with E-state index >= 15 is 0 Å². The van der Waals surface area contributed by atoms with Crippen LogP contribution in [0.5, 0.6) is 0 Å². The molecule has 1 aromatic heterocycles. The molecule has 0 aliphatic heterocycles. The van der Waals surface area contributed by atoms with Crippen molar-refractivity contribution in [1.29, 1.82) is 0 Å². The predicted octanol–water partition coefficient (Wildman–Crippen LogP) is -0.247. The van der Waals surface area contributed by atoms with E-state index < -0.39 is 0 Å². The maximum Gasteiger partial charge on any atom is 0.255 e. The molecule has 7 nitrogen and oxygen atoms in total. The van der Waals surface area contributed by atoms with Crippen molar-refractivity contribution < 1.29 is 9.59 Å². The lowest BCUT2D eigenvalue weighted by atomic mass is 10.2. The molecule has 18 heavy (non-hydrogen) atoms. The average Bonchev–Trinajstić information content (AvgIpc) is 2.37. The molecule has 1 heterocycles. The highest BCUT2D eigenvalue weighted by molar-refractivity contribution is 5.99. The Morgan fingerprint density at radius 2 is 2.11 bits per heavy atom. The van der Waals surface area contributed by atoms with Gasteiger partial charge in [-0.25, -0.2) is 0 Å². The van der Waals surface area contributed by atoms with Gasteiger partial charge in [0, 0.05) is 25.4 Å². The molecule has 1 aromatic rings. The van der Waals surface area contributed by atoms with E-state index in [9.17, 15) is 9.59 Å². The monoisotopic (exact) mass is 251 g/mol. The highest BCUT2D eigenvalue weighted by Gasteiger charge is 2.09. The minimum Gasteiger partial charge on any atom is -0.370 e. The molecule has 1 rings (SSSR count). The normalized spacial score (nSPS) is 9.83. The highest BCUT2D eigenvalue weighted by Crippen LogP contribution is 2.11. The molecule has 6 N–H and O–H groups in total. The third kappa shape index (κ3) is 4.38. The molecule has 0 atom stereocenters. The van der Waals surface area contributed by atoms with Crippen LogP contribution in [0.15, 0.2) is 18.5 Å². The Morgan fingerprint density at radius 3 is 2.78 bits per heavy atom. The van der Waals surface area contributed by atoms with Gasteiger partial charge < -0.3 is 16.5 Å². The maximum absolute atomic E-state index is 11.8. The van der Waals surface area contributed by atoms with E-state index in [2.05, 4.69) is 15.7 Å². The lowest BCUT2D eigenvalue weighted by Crippen LogP contribution is -2.26. The van der Waals surface area contributed by atoms with Crippen molar-refractivity contribution in [3.63, 3.8) is 0 Å². The SMILES string of the molecule is NNc1ccncc1C(=O)NCCCCC(N)=O. The van der Waals surface area contributed by atoms with Gasteiger partial charge in [0.05, 0.1) is 11.3 Å². The summed E-state index contributed by atoms with van der Waals surface area (Å²) in [7, 11) is 0. The van der Waals surface area contributed by atoms with Gasteiger partial charge in [0.15, 0.2) is 0 Å². The summed E-state index contributed by atoms with van der Waals surface area (Å²) >= 11 is 0. The number of nitrogens with zero attached hydrogens (tertiary/aromatic N) is 1. The fourth-order valence-electron chi connectivity index (χ4n) is 1.42. The number of hydrogen-bond donors (Lipinski definition) is 4. The minimum absolute atomic E-state index is 0.255. The van der Waals surface area contributed by atoms with Gasteiger partial charge in [-0.15, -0.1) is 0 Å². The van der Waals surface area contributed by atoms with Gasteiger partial charge in [-0.05, 0) is 18.9 Å². The molecular formula is C11H17N5O2.